The summed E-state index contributed by atoms with van der Waals surface area (Å²) in [6.07, 6.45) is 3.27. The van der Waals surface area contributed by atoms with E-state index in [-0.39, 0.29) is 23.6 Å². The van der Waals surface area contributed by atoms with Gasteiger partial charge in [-0.05, 0) is 0 Å². The van der Waals surface area contributed by atoms with Crippen molar-refractivity contribution in [3.05, 3.63) is 23.6 Å². The Morgan fingerprint density at radius 3 is 2.90 bits per heavy atom. The molecule has 0 atom stereocenters. The van der Waals surface area contributed by atoms with E-state index in [1.54, 1.807) is 32.6 Å². The molecule has 0 aliphatic carbocycles. The van der Waals surface area contributed by atoms with Gasteiger partial charge in [0.1, 0.15) is 17.5 Å². The SMILES string of the molecule is CN(C)C(=O)Cn1cc(Nc2cc(Cl)nc(N)n2)cn1. The summed E-state index contributed by atoms with van der Waals surface area (Å²) in [4.78, 5) is 20.8. The van der Waals surface area contributed by atoms with E-state index in [0.29, 0.717) is 11.5 Å². The van der Waals surface area contributed by atoms with Crippen LogP contribution in [0.25, 0.3) is 0 Å². The van der Waals surface area contributed by atoms with E-state index in [1.807, 2.05) is 0 Å². The van der Waals surface area contributed by atoms with Crippen LogP contribution in [0.15, 0.2) is 18.5 Å². The molecular formula is C11H14ClN7O. The van der Waals surface area contributed by atoms with Gasteiger partial charge in [0.25, 0.3) is 0 Å². The van der Waals surface area contributed by atoms with Crippen LogP contribution in [-0.4, -0.2) is 44.7 Å². The van der Waals surface area contributed by atoms with Crippen molar-refractivity contribution in [1.82, 2.24) is 24.6 Å². The summed E-state index contributed by atoms with van der Waals surface area (Å²) in [6.45, 7) is 0.168. The molecule has 2 rings (SSSR count). The molecule has 0 spiro atoms. The zero-order valence-electron chi connectivity index (χ0n) is 11.0. The maximum atomic E-state index is 11.6. The lowest BCUT2D eigenvalue weighted by molar-refractivity contribution is -0.129. The van der Waals surface area contributed by atoms with Crippen LogP contribution in [0.5, 0.6) is 0 Å². The highest BCUT2D eigenvalue weighted by molar-refractivity contribution is 6.29. The number of amides is 1. The Morgan fingerprint density at radius 2 is 2.25 bits per heavy atom. The van der Waals surface area contributed by atoms with Crippen molar-refractivity contribution < 1.29 is 4.79 Å². The number of nitrogens with one attached hydrogen (secondary N) is 1. The van der Waals surface area contributed by atoms with Crippen LogP contribution in [0, 0.1) is 0 Å². The van der Waals surface area contributed by atoms with Gasteiger partial charge in [0, 0.05) is 26.4 Å². The van der Waals surface area contributed by atoms with Gasteiger partial charge in [0.05, 0.1) is 11.9 Å². The number of hydrogen-bond acceptors (Lipinski definition) is 6. The minimum atomic E-state index is -0.0472. The third kappa shape index (κ3) is 3.58. The highest BCUT2D eigenvalue weighted by atomic mass is 35.5. The summed E-state index contributed by atoms with van der Waals surface area (Å²) in [5.41, 5.74) is 6.17. The molecule has 0 saturated heterocycles. The average molecular weight is 296 g/mol. The summed E-state index contributed by atoms with van der Waals surface area (Å²) in [5, 5.41) is 7.31. The van der Waals surface area contributed by atoms with Gasteiger partial charge < -0.3 is 16.0 Å². The maximum absolute atomic E-state index is 11.6. The number of aromatic nitrogens is 4. The van der Waals surface area contributed by atoms with Crippen molar-refractivity contribution >= 4 is 35.0 Å². The van der Waals surface area contributed by atoms with E-state index in [2.05, 4.69) is 20.4 Å². The first kappa shape index (κ1) is 14.1. The summed E-state index contributed by atoms with van der Waals surface area (Å²) >= 11 is 5.78. The van der Waals surface area contributed by atoms with Gasteiger partial charge in [-0.1, -0.05) is 11.6 Å². The van der Waals surface area contributed by atoms with E-state index in [4.69, 9.17) is 17.3 Å². The van der Waals surface area contributed by atoms with Crippen LogP contribution in [0.4, 0.5) is 17.5 Å². The quantitative estimate of drug-likeness (QED) is 0.807. The number of rotatable bonds is 4. The molecule has 3 N–H and O–H groups in total. The largest absolute Gasteiger partial charge is 0.368 e. The van der Waals surface area contributed by atoms with Gasteiger partial charge in [-0.25, -0.2) is 4.98 Å². The maximum Gasteiger partial charge on any atom is 0.243 e. The Kier molecular flexibility index (Phi) is 4.04. The number of halogens is 1. The number of anilines is 3. The molecule has 0 aliphatic rings. The molecule has 2 aromatic heterocycles. The van der Waals surface area contributed by atoms with Crippen LogP contribution in [0.3, 0.4) is 0 Å². The molecule has 2 aromatic rings. The zero-order chi connectivity index (χ0) is 14.7. The van der Waals surface area contributed by atoms with Crippen LogP contribution >= 0.6 is 11.6 Å². The highest BCUT2D eigenvalue weighted by Gasteiger charge is 2.07. The molecule has 0 aromatic carbocycles. The lowest BCUT2D eigenvalue weighted by Gasteiger charge is -2.09. The molecular weight excluding hydrogens is 282 g/mol. The number of likely N-dealkylation sites (N-methyl/N-ethyl adjacent to an activating group) is 1. The van der Waals surface area contributed by atoms with Crippen molar-refractivity contribution in [1.29, 1.82) is 0 Å². The molecule has 1 amide bonds. The molecule has 9 heteroatoms. The lowest BCUT2D eigenvalue weighted by atomic mass is 10.5. The highest BCUT2D eigenvalue weighted by Crippen LogP contribution is 2.17. The smallest absolute Gasteiger partial charge is 0.243 e. The molecule has 106 valence electrons. The van der Waals surface area contributed by atoms with Gasteiger partial charge in [-0.15, -0.1) is 0 Å². The van der Waals surface area contributed by atoms with Crippen molar-refractivity contribution in [2.24, 2.45) is 0 Å². The fourth-order valence-electron chi connectivity index (χ4n) is 1.44. The van der Waals surface area contributed by atoms with Gasteiger partial charge in [0.2, 0.25) is 11.9 Å². The standard InChI is InChI=1S/C11H14ClN7O/c1-18(2)10(20)6-19-5-7(4-14-19)15-9-3-8(12)16-11(13)17-9/h3-5H,6H2,1-2H3,(H3,13,15,16,17). The molecule has 0 saturated carbocycles. The van der Waals surface area contributed by atoms with E-state index in [1.165, 1.54) is 9.58 Å². The first-order chi connectivity index (χ1) is 9.44. The van der Waals surface area contributed by atoms with Crippen LogP contribution in [-0.2, 0) is 11.3 Å². The summed E-state index contributed by atoms with van der Waals surface area (Å²) in [5.74, 6) is 0.491. The number of carbonyl (C=O) groups is 1. The van der Waals surface area contributed by atoms with Crippen LogP contribution in [0.1, 0.15) is 0 Å². The van der Waals surface area contributed by atoms with Crippen molar-refractivity contribution in [2.45, 2.75) is 6.54 Å². The first-order valence-electron chi connectivity index (χ1n) is 5.74. The van der Waals surface area contributed by atoms with Gasteiger partial charge in [0.15, 0.2) is 0 Å². The number of carbonyl (C=O) groups excluding carboxylic acids is 1. The Hall–Kier alpha value is -2.35. The summed E-state index contributed by atoms with van der Waals surface area (Å²) in [7, 11) is 3.38. The number of nitrogen functional groups attached to an aromatic ring is 1. The minimum Gasteiger partial charge on any atom is -0.368 e. The van der Waals surface area contributed by atoms with E-state index >= 15 is 0 Å². The molecule has 0 radical (unpaired) electrons. The first-order valence-corrected chi connectivity index (χ1v) is 6.11. The molecule has 0 aliphatic heterocycles. The third-order valence-corrected chi connectivity index (χ3v) is 2.61. The van der Waals surface area contributed by atoms with Crippen molar-refractivity contribution in [3.63, 3.8) is 0 Å². The molecule has 8 nitrogen and oxygen atoms in total. The van der Waals surface area contributed by atoms with Crippen molar-refractivity contribution in [2.75, 3.05) is 25.1 Å². The Morgan fingerprint density at radius 1 is 1.50 bits per heavy atom. The van der Waals surface area contributed by atoms with Crippen LogP contribution < -0.4 is 11.1 Å². The Balaban J connectivity index is 2.07. The second-order valence-electron chi connectivity index (χ2n) is 4.27. The number of nitrogens with two attached hydrogens (primary N) is 1. The predicted molar refractivity (Wildman–Crippen MR) is 75.7 cm³/mol. The topological polar surface area (TPSA) is 102 Å². The van der Waals surface area contributed by atoms with E-state index < -0.39 is 0 Å². The Bertz CT molecular complexity index is 605. The molecule has 0 fully saturated rings. The Labute approximate surface area is 120 Å². The second kappa shape index (κ2) is 5.74. The van der Waals surface area contributed by atoms with Gasteiger partial charge >= 0.3 is 0 Å². The number of hydrogen-bond donors (Lipinski definition) is 2. The lowest BCUT2D eigenvalue weighted by Crippen LogP contribution is -2.26. The number of nitrogens with zero attached hydrogens (tertiary/aromatic N) is 5. The normalized spacial score (nSPS) is 10.3. The summed E-state index contributed by atoms with van der Waals surface area (Å²) in [6, 6.07) is 1.54. The fourth-order valence-corrected chi connectivity index (χ4v) is 1.63. The van der Waals surface area contributed by atoms with Crippen molar-refractivity contribution in [3.8, 4) is 0 Å². The average Bonchev–Trinajstić information content (AvgIpc) is 2.74. The molecule has 2 heterocycles. The van der Waals surface area contributed by atoms with E-state index in [9.17, 15) is 4.79 Å². The predicted octanol–water partition coefficient (Wildman–Crippen LogP) is 0.740. The van der Waals surface area contributed by atoms with Crippen LogP contribution in [0.2, 0.25) is 5.15 Å². The van der Waals surface area contributed by atoms with E-state index in [0.717, 1.165) is 0 Å². The van der Waals surface area contributed by atoms with Gasteiger partial charge in [-0.3, -0.25) is 9.48 Å². The monoisotopic (exact) mass is 295 g/mol. The second-order valence-corrected chi connectivity index (χ2v) is 4.66. The molecule has 0 bridgehead atoms. The fraction of sp³-hybridized carbons (Fsp3) is 0.273. The minimum absolute atomic E-state index is 0.0472. The molecule has 20 heavy (non-hydrogen) atoms. The molecule has 0 unspecified atom stereocenters. The zero-order valence-corrected chi connectivity index (χ0v) is 11.8. The third-order valence-electron chi connectivity index (χ3n) is 2.41. The summed E-state index contributed by atoms with van der Waals surface area (Å²) < 4.78 is 1.52. The van der Waals surface area contributed by atoms with Gasteiger partial charge in [-0.2, -0.15) is 10.1 Å².